The average molecular weight is 233 g/mol. The molecule has 0 atom stereocenters. The van der Waals surface area contributed by atoms with E-state index < -0.39 is 5.97 Å². The van der Waals surface area contributed by atoms with Crippen molar-refractivity contribution in [3.05, 3.63) is 35.4 Å². The molecule has 0 radical (unpaired) electrons. The maximum absolute atomic E-state index is 12.2. The number of rotatable bonds is 4. The fraction of sp³-hybridized carbons (Fsp3) is 0.385. The Morgan fingerprint density at radius 3 is 2.53 bits per heavy atom. The molecule has 1 fully saturated rings. The molecule has 17 heavy (non-hydrogen) atoms. The van der Waals surface area contributed by atoms with Gasteiger partial charge < -0.3 is 10.0 Å². The van der Waals surface area contributed by atoms with Gasteiger partial charge in [-0.15, -0.1) is 0 Å². The van der Waals surface area contributed by atoms with Crippen molar-refractivity contribution in [1.29, 1.82) is 0 Å². The zero-order valence-electron chi connectivity index (χ0n) is 9.72. The second-order valence-corrected chi connectivity index (χ2v) is 4.21. The van der Waals surface area contributed by atoms with Crippen LogP contribution in [0.5, 0.6) is 0 Å². The molecule has 0 spiro atoms. The number of hydrogen-bond acceptors (Lipinski definition) is 2. The lowest BCUT2D eigenvalue weighted by atomic mass is 10.1. The van der Waals surface area contributed by atoms with E-state index in [-0.39, 0.29) is 11.5 Å². The van der Waals surface area contributed by atoms with Crippen LogP contribution in [-0.4, -0.2) is 34.5 Å². The number of nitrogens with zero attached hydrogens (tertiary/aromatic N) is 1. The Balaban J connectivity index is 2.23. The SMILES string of the molecule is CCN(C(=O)c1cccc(C(=O)O)c1)C1CC1. The highest BCUT2D eigenvalue weighted by Gasteiger charge is 2.31. The van der Waals surface area contributed by atoms with Gasteiger partial charge in [-0.25, -0.2) is 4.79 Å². The molecule has 0 unspecified atom stereocenters. The Hall–Kier alpha value is -1.84. The summed E-state index contributed by atoms with van der Waals surface area (Å²) in [5.41, 5.74) is 0.612. The molecule has 1 aromatic rings. The van der Waals surface area contributed by atoms with E-state index in [4.69, 9.17) is 5.11 Å². The molecule has 2 rings (SSSR count). The molecule has 0 heterocycles. The minimum absolute atomic E-state index is 0.0712. The number of hydrogen-bond donors (Lipinski definition) is 1. The first-order valence-electron chi connectivity index (χ1n) is 5.77. The minimum Gasteiger partial charge on any atom is -0.478 e. The standard InChI is InChI=1S/C13H15NO3/c1-2-14(11-6-7-11)12(15)9-4-3-5-10(8-9)13(16)17/h3-5,8,11H,2,6-7H2,1H3,(H,16,17). The van der Waals surface area contributed by atoms with E-state index in [0.29, 0.717) is 18.2 Å². The summed E-state index contributed by atoms with van der Waals surface area (Å²) in [6.07, 6.45) is 2.11. The van der Waals surface area contributed by atoms with Crippen LogP contribution in [0.15, 0.2) is 24.3 Å². The second-order valence-electron chi connectivity index (χ2n) is 4.21. The number of benzene rings is 1. The highest BCUT2D eigenvalue weighted by molar-refractivity contribution is 5.97. The molecule has 1 saturated carbocycles. The molecule has 1 aromatic carbocycles. The maximum Gasteiger partial charge on any atom is 0.335 e. The van der Waals surface area contributed by atoms with Gasteiger partial charge in [0, 0.05) is 18.2 Å². The molecule has 1 amide bonds. The predicted octanol–water partition coefficient (Wildman–Crippen LogP) is 2.01. The number of carboxylic acid groups (broad SMARTS) is 1. The smallest absolute Gasteiger partial charge is 0.335 e. The molecule has 1 aliphatic rings. The fourth-order valence-corrected chi connectivity index (χ4v) is 1.90. The van der Waals surface area contributed by atoms with Crippen LogP contribution in [-0.2, 0) is 0 Å². The molecule has 0 aliphatic heterocycles. The molecule has 90 valence electrons. The third-order valence-corrected chi connectivity index (χ3v) is 2.95. The van der Waals surface area contributed by atoms with Crippen molar-refractivity contribution in [3.8, 4) is 0 Å². The largest absolute Gasteiger partial charge is 0.478 e. The van der Waals surface area contributed by atoms with E-state index in [1.165, 1.54) is 12.1 Å². The van der Waals surface area contributed by atoms with Crippen LogP contribution in [0.4, 0.5) is 0 Å². The first-order chi connectivity index (χ1) is 8.13. The monoisotopic (exact) mass is 233 g/mol. The number of carbonyl (C=O) groups is 2. The summed E-state index contributed by atoms with van der Waals surface area (Å²) in [6, 6.07) is 6.56. The Labute approximate surface area is 99.9 Å². The van der Waals surface area contributed by atoms with Crippen molar-refractivity contribution < 1.29 is 14.7 Å². The van der Waals surface area contributed by atoms with Crippen molar-refractivity contribution in [2.75, 3.05) is 6.54 Å². The van der Waals surface area contributed by atoms with Gasteiger partial charge >= 0.3 is 5.97 Å². The van der Waals surface area contributed by atoms with E-state index in [9.17, 15) is 9.59 Å². The van der Waals surface area contributed by atoms with Gasteiger partial charge in [0.1, 0.15) is 0 Å². The third-order valence-electron chi connectivity index (χ3n) is 2.95. The molecule has 4 heteroatoms. The number of aromatic carboxylic acids is 1. The second kappa shape index (κ2) is 4.57. The van der Waals surface area contributed by atoms with Gasteiger partial charge in [-0.3, -0.25) is 4.79 Å². The van der Waals surface area contributed by atoms with Gasteiger partial charge in [0.25, 0.3) is 5.91 Å². The van der Waals surface area contributed by atoms with Crippen molar-refractivity contribution >= 4 is 11.9 Å². The number of carbonyl (C=O) groups excluding carboxylic acids is 1. The zero-order valence-corrected chi connectivity index (χ0v) is 9.72. The van der Waals surface area contributed by atoms with Gasteiger partial charge in [-0.1, -0.05) is 6.07 Å². The van der Waals surface area contributed by atoms with Gasteiger partial charge in [0.15, 0.2) is 0 Å². The summed E-state index contributed by atoms with van der Waals surface area (Å²) >= 11 is 0. The summed E-state index contributed by atoms with van der Waals surface area (Å²) in [6.45, 7) is 2.61. The van der Waals surface area contributed by atoms with E-state index in [2.05, 4.69) is 0 Å². The number of carboxylic acids is 1. The minimum atomic E-state index is -1.01. The highest BCUT2D eigenvalue weighted by atomic mass is 16.4. The molecular formula is C13H15NO3. The quantitative estimate of drug-likeness (QED) is 0.865. The van der Waals surface area contributed by atoms with Crippen LogP contribution in [0.25, 0.3) is 0 Å². The van der Waals surface area contributed by atoms with Crippen LogP contribution >= 0.6 is 0 Å². The normalized spacial score (nSPS) is 14.4. The van der Waals surface area contributed by atoms with Crippen LogP contribution in [0.1, 0.15) is 40.5 Å². The first kappa shape index (κ1) is 11.6. The van der Waals surface area contributed by atoms with Crippen molar-refractivity contribution in [2.45, 2.75) is 25.8 Å². The first-order valence-corrected chi connectivity index (χ1v) is 5.77. The van der Waals surface area contributed by atoms with Gasteiger partial charge in [-0.05, 0) is 38.0 Å². The molecular weight excluding hydrogens is 218 g/mol. The zero-order chi connectivity index (χ0) is 12.4. The van der Waals surface area contributed by atoms with Crippen molar-refractivity contribution in [3.63, 3.8) is 0 Å². The Morgan fingerprint density at radius 2 is 2.00 bits per heavy atom. The third kappa shape index (κ3) is 2.46. The summed E-state index contributed by atoms with van der Waals surface area (Å²) in [5.74, 6) is -1.08. The van der Waals surface area contributed by atoms with E-state index >= 15 is 0 Å². The Kier molecular flexibility index (Phi) is 3.13. The number of amides is 1. The average Bonchev–Trinajstić information content (AvgIpc) is 3.14. The van der Waals surface area contributed by atoms with Crippen molar-refractivity contribution in [1.82, 2.24) is 4.90 Å². The Morgan fingerprint density at radius 1 is 1.35 bits per heavy atom. The van der Waals surface area contributed by atoms with Crippen LogP contribution in [0.2, 0.25) is 0 Å². The summed E-state index contributed by atoms with van der Waals surface area (Å²) in [5, 5.41) is 8.88. The summed E-state index contributed by atoms with van der Waals surface area (Å²) in [7, 11) is 0. The molecule has 0 aromatic heterocycles. The predicted molar refractivity (Wildman–Crippen MR) is 63.1 cm³/mol. The maximum atomic E-state index is 12.2. The van der Waals surface area contributed by atoms with Crippen LogP contribution in [0, 0.1) is 0 Å². The summed E-state index contributed by atoms with van der Waals surface area (Å²) in [4.78, 5) is 24.8. The lowest BCUT2D eigenvalue weighted by Crippen LogP contribution is -2.32. The highest BCUT2D eigenvalue weighted by Crippen LogP contribution is 2.28. The fourth-order valence-electron chi connectivity index (χ4n) is 1.90. The molecule has 1 aliphatic carbocycles. The van der Waals surface area contributed by atoms with E-state index in [1.54, 1.807) is 17.0 Å². The van der Waals surface area contributed by atoms with E-state index in [1.807, 2.05) is 6.92 Å². The van der Waals surface area contributed by atoms with Gasteiger partial charge in [0.2, 0.25) is 0 Å². The molecule has 0 saturated heterocycles. The van der Waals surface area contributed by atoms with Crippen LogP contribution in [0.3, 0.4) is 0 Å². The lowest BCUT2D eigenvalue weighted by molar-refractivity contribution is 0.0697. The van der Waals surface area contributed by atoms with Crippen LogP contribution < -0.4 is 0 Å². The van der Waals surface area contributed by atoms with Crippen molar-refractivity contribution in [2.24, 2.45) is 0 Å². The molecule has 1 N–H and O–H groups in total. The summed E-state index contributed by atoms with van der Waals surface area (Å²) < 4.78 is 0. The Bertz CT molecular complexity index is 452. The topological polar surface area (TPSA) is 57.6 Å². The lowest BCUT2D eigenvalue weighted by Gasteiger charge is -2.20. The molecule has 0 bridgehead atoms. The van der Waals surface area contributed by atoms with Gasteiger partial charge in [0.05, 0.1) is 5.56 Å². The van der Waals surface area contributed by atoms with E-state index in [0.717, 1.165) is 12.8 Å². The molecule has 4 nitrogen and oxygen atoms in total. The van der Waals surface area contributed by atoms with Gasteiger partial charge in [-0.2, -0.15) is 0 Å².